The summed E-state index contributed by atoms with van der Waals surface area (Å²) in [5, 5.41) is 0. The second-order valence-corrected chi connectivity index (χ2v) is 8.84. The van der Waals surface area contributed by atoms with Crippen LogP contribution in [0.25, 0.3) is 0 Å². The van der Waals surface area contributed by atoms with E-state index in [2.05, 4.69) is 82.4 Å². The molecule has 2 heteroatoms. The molecule has 1 aliphatic carbocycles. The first-order valence-electron chi connectivity index (χ1n) is 10.3. The first kappa shape index (κ1) is 19.6. The van der Waals surface area contributed by atoms with E-state index in [4.69, 9.17) is 0 Å². The van der Waals surface area contributed by atoms with Gasteiger partial charge in [-0.15, -0.1) is 0 Å². The van der Waals surface area contributed by atoms with E-state index in [0.717, 1.165) is 12.5 Å². The molecular weight excluding hydrogens is 382 g/mol. The van der Waals surface area contributed by atoms with E-state index >= 15 is 0 Å². The minimum absolute atomic E-state index is 0.675. The summed E-state index contributed by atoms with van der Waals surface area (Å²) >= 11 is 3.85. The highest BCUT2D eigenvalue weighted by Gasteiger charge is 2.25. The number of aryl methyl sites for hydroxylation is 1. The third-order valence-electron chi connectivity index (χ3n) is 5.57. The Bertz CT molecular complexity index is 637. The normalized spacial score (nSPS) is 20.0. The third-order valence-corrected chi connectivity index (χ3v) is 6.66. The van der Waals surface area contributed by atoms with Crippen molar-refractivity contribution in [2.45, 2.75) is 62.7 Å². The summed E-state index contributed by atoms with van der Waals surface area (Å²) < 4.78 is 0. The molecule has 2 aromatic rings. The van der Waals surface area contributed by atoms with Crippen LogP contribution in [-0.2, 0) is 13.0 Å². The Morgan fingerprint density at radius 1 is 0.923 bits per heavy atom. The van der Waals surface area contributed by atoms with Gasteiger partial charge in [0.15, 0.2) is 0 Å². The van der Waals surface area contributed by atoms with Crippen LogP contribution >= 0.6 is 15.9 Å². The SMILES string of the molecule is CCCN(CCCc1ccc(C2CCCC2Br)cc1)Cc1ccccc1. The lowest BCUT2D eigenvalue weighted by atomic mass is 9.96. The number of benzene rings is 2. The van der Waals surface area contributed by atoms with Gasteiger partial charge in [0, 0.05) is 11.4 Å². The molecule has 0 amide bonds. The molecule has 3 rings (SSSR count). The van der Waals surface area contributed by atoms with Crippen molar-refractivity contribution in [2.75, 3.05) is 13.1 Å². The van der Waals surface area contributed by atoms with E-state index in [1.54, 1.807) is 0 Å². The molecule has 0 heterocycles. The fourth-order valence-electron chi connectivity index (χ4n) is 4.16. The topological polar surface area (TPSA) is 3.24 Å². The van der Waals surface area contributed by atoms with E-state index < -0.39 is 0 Å². The van der Waals surface area contributed by atoms with Gasteiger partial charge in [-0.05, 0) is 67.8 Å². The van der Waals surface area contributed by atoms with Crippen LogP contribution < -0.4 is 0 Å². The van der Waals surface area contributed by atoms with Crippen LogP contribution in [0.4, 0.5) is 0 Å². The van der Waals surface area contributed by atoms with Crippen molar-refractivity contribution in [3.8, 4) is 0 Å². The monoisotopic (exact) mass is 413 g/mol. The summed E-state index contributed by atoms with van der Waals surface area (Å²) in [5.74, 6) is 0.718. The van der Waals surface area contributed by atoms with Gasteiger partial charge < -0.3 is 0 Å². The van der Waals surface area contributed by atoms with Crippen LogP contribution in [0.3, 0.4) is 0 Å². The third kappa shape index (κ3) is 5.69. The number of hydrogen-bond acceptors (Lipinski definition) is 1. The number of nitrogens with zero attached hydrogens (tertiary/aromatic N) is 1. The Kier molecular flexibility index (Phi) is 7.76. The highest BCUT2D eigenvalue weighted by Crippen LogP contribution is 2.39. The van der Waals surface area contributed by atoms with Crippen LogP contribution in [0.5, 0.6) is 0 Å². The minimum atomic E-state index is 0.675. The lowest BCUT2D eigenvalue weighted by molar-refractivity contribution is 0.262. The average molecular weight is 414 g/mol. The largest absolute Gasteiger partial charge is 0.299 e. The molecule has 0 aliphatic heterocycles. The predicted octanol–water partition coefficient (Wildman–Crippen LogP) is 6.56. The van der Waals surface area contributed by atoms with Crippen molar-refractivity contribution in [1.82, 2.24) is 4.90 Å². The van der Waals surface area contributed by atoms with E-state index in [1.807, 2.05) is 0 Å². The van der Waals surface area contributed by atoms with E-state index in [0.29, 0.717) is 4.83 Å². The summed E-state index contributed by atoms with van der Waals surface area (Å²) in [4.78, 5) is 3.27. The maximum absolute atomic E-state index is 3.85. The zero-order valence-electron chi connectivity index (χ0n) is 16.0. The van der Waals surface area contributed by atoms with Crippen molar-refractivity contribution < 1.29 is 0 Å². The summed E-state index contributed by atoms with van der Waals surface area (Å²) in [5.41, 5.74) is 4.42. The first-order chi connectivity index (χ1) is 12.8. The molecule has 140 valence electrons. The summed E-state index contributed by atoms with van der Waals surface area (Å²) in [6, 6.07) is 20.3. The Labute approximate surface area is 167 Å². The van der Waals surface area contributed by atoms with Gasteiger partial charge >= 0.3 is 0 Å². The predicted molar refractivity (Wildman–Crippen MR) is 116 cm³/mol. The summed E-state index contributed by atoms with van der Waals surface area (Å²) in [6.45, 7) is 5.71. The molecule has 0 saturated heterocycles. The molecule has 1 fully saturated rings. The van der Waals surface area contributed by atoms with Crippen molar-refractivity contribution in [3.63, 3.8) is 0 Å². The van der Waals surface area contributed by atoms with E-state index in [1.165, 1.54) is 68.3 Å². The molecule has 1 saturated carbocycles. The molecule has 0 radical (unpaired) electrons. The Balaban J connectivity index is 1.48. The fraction of sp³-hybridized carbons (Fsp3) is 0.500. The van der Waals surface area contributed by atoms with Crippen LogP contribution in [0.2, 0.25) is 0 Å². The van der Waals surface area contributed by atoms with Crippen molar-refractivity contribution in [2.24, 2.45) is 0 Å². The Morgan fingerprint density at radius 2 is 1.69 bits per heavy atom. The number of alkyl halides is 1. The zero-order chi connectivity index (χ0) is 18.2. The quantitative estimate of drug-likeness (QED) is 0.420. The smallest absolute Gasteiger partial charge is 0.0233 e. The molecule has 0 bridgehead atoms. The molecule has 1 nitrogen and oxygen atoms in total. The lowest BCUT2D eigenvalue weighted by Crippen LogP contribution is -2.25. The maximum atomic E-state index is 3.85. The van der Waals surface area contributed by atoms with Gasteiger partial charge in [-0.25, -0.2) is 0 Å². The van der Waals surface area contributed by atoms with Gasteiger partial charge in [-0.3, -0.25) is 4.90 Å². The molecule has 1 aliphatic rings. The molecule has 0 aromatic heterocycles. The highest BCUT2D eigenvalue weighted by atomic mass is 79.9. The van der Waals surface area contributed by atoms with Crippen LogP contribution in [0, 0.1) is 0 Å². The molecule has 2 aromatic carbocycles. The van der Waals surface area contributed by atoms with Crippen molar-refractivity contribution in [1.29, 1.82) is 0 Å². The molecule has 0 spiro atoms. The van der Waals surface area contributed by atoms with Gasteiger partial charge in [0.05, 0.1) is 0 Å². The van der Waals surface area contributed by atoms with Crippen molar-refractivity contribution >= 4 is 15.9 Å². The van der Waals surface area contributed by atoms with Gasteiger partial charge in [0.25, 0.3) is 0 Å². The van der Waals surface area contributed by atoms with E-state index in [9.17, 15) is 0 Å². The zero-order valence-corrected chi connectivity index (χ0v) is 17.6. The molecule has 0 N–H and O–H groups in total. The van der Waals surface area contributed by atoms with Crippen molar-refractivity contribution in [3.05, 3.63) is 71.3 Å². The second kappa shape index (κ2) is 10.3. The Morgan fingerprint density at radius 3 is 2.35 bits per heavy atom. The molecule has 2 unspecified atom stereocenters. The first-order valence-corrected chi connectivity index (χ1v) is 11.2. The van der Waals surface area contributed by atoms with Crippen LogP contribution in [0.1, 0.15) is 61.6 Å². The van der Waals surface area contributed by atoms with Crippen LogP contribution in [0.15, 0.2) is 54.6 Å². The van der Waals surface area contributed by atoms with Gasteiger partial charge in [-0.1, -0.05) is 83.9 Å². The summed E-state index contributed by atoms with van der Waals surface area (Å²) in [6.07, 6.45) is 7.64. The van der Waals surface area contributed by atoms with E-state index in [-0.39, 0.29) is 0 Å². The fourth-order valence-corrected chi connectivity index (χ4v) is 5.05. The molecule has 2 atom stereocenters. The number of halogens is 1. The maximum Gasteiger partial charge on any atom is 0.0233 e. The summed E-state index contributed by atoms with van der Waals surface area (Å²) in [7, 11) is 0. The number of hydrogen-bond donors (Lipinski definition) is 0. The van der Waals surface area contributed by atoms with Gasteiger partial charge in [0.1, 0.15) is 0 Å². The second-order valence-electron chi connectivity index (χ2n) is 7.66. The standard InChI is InChI=1S/C24H32BrN/c1-2-17-26(19-21-8-4-3-5-9-21)18-7-10-20-13-15-22(16-14-20)23-11-6-12-24(23)25/h3-5,8-9,13-16,23-24H,2,6-7,10-12,17-19H2,1H3. The average Bonchev–Trinajstić information content (AvgIpc) is 3.09. The minimum Gasteiger partial charge on any atom is -0.299 e. The Hall–Kier alpha value is -1.12. The highest BCUT2D eigenvalue weighted by molar-refractivity contribution is 9.09. The molecular formula is C24H32BrN. The van der Waals surface area contributed by atoms with Gasteiger partial charge in [0.2, 0.25) is 0 Å². The van der Waals surface area contributed by atoms with Gasteiger partial charge in [-0.2, -0.15) is 0 Å². The van der Waals surface area contributed by atoms with Crippen LogP contribution in [-0.4, -0.2) is 22.8 Å². The lowest BCUT2D eigenvalue weighted by Gasteiger charge is -2.22. The number of rotatable bonds is 9. The molecule has 26 heavy (non-hydrogen) atoms.